The van der Waals surface area contributed by atoms with Gasteiger partial charge in [-0.15, -0.1) is 0 Å². The van der Waals surface area contributed by atoms with E-state index in [2.05, 4.69) is 41.5 Å². The van der Waals surface area contributed by atoms with Crippen molar-refractivity contribution in [2.45, 2.75) is 72.8 Å². The molecule has 92 valence electrons. The summed E-state index contributed by atoms with van der Waals surface area (Å²) in [6.45, 7) is 13.0. The zero-order valence-electron chi connectivity index (χ0n) is 11.5. The molecule has 0 aromatic heterocycles. The maximum atomic E-state index is 10.9. The van der Waals surface area contributed by atoms with Gasteiger partial charge in [-0.1, -0.05) is 60.8 Å². The van der Waals surface area contributed by atoms with Gasteiger partial charge < -0.3 is 5.11 Å². The highest BCUT2D eigenvalue weighted by Crippen LogP contribution is 2.38. The molecule has 0 amide bonds. The van der Waals surface area contributed by atoms with Crippen LogP contribution in [0.4, 0.5) is 0 Å². The van der Waals surface area contributed by atoms with Gasteiger partial charge in [-0.05, 0) is 24.2 Å². The van der Waals surface area contributed by atoms with E-state index in [1.165, 1.54) is 19.3 Å². The molecule has 0 aliphatic rings. The summed E-state index contributed by atoms with van der Waals surface area (Å²) in [5.41, 5.74) is -0.482. The van der Waals surface area contributed by atoms with Crippen molar-refractivity contribution < 1.29 is 5.11 Å². The molecule has 0 heterocycles. The van der Waals surface area contributed by atoms with Crippen molar-refractivity contribution in [2.75, 3.05) is 0 Å². The molecule has 0 bridgehead atoms. The largest absolute Gasteiger partial charge is 0.389 e. The highest BCUT2D eigenvalue weighted by Gasteiger charge is 2.40. The molecule has 0 rings (SSSR count). The van der Waals surface area contributed by atoms with E-state index in [0.717, 1.165) is 6.42 Å². The fourth-order valence-electron chi connectivity index (χ4n) is 2.82. The van der Waals surface area contributed by atoms with Crippen LogP contribution in [0.5, 0.6) is 0 Å². The van der Waals surface area contributed by atoms with Gasteiger partial charge in [0.05, 0.1) is 5.60 Å². The number of hydrogen-bond donors (Lipinski definition) is 1. The normalized spacial score (nSPS) is 15.0. The molecule has 0 fully saturated rings. The molecule has 1 atom stereocenters. The van der Waals surface area contributed by atoms with E-state index in [4.69, 9.17) is 0 Å². The Kier molecular flexibility index (Phi) is 6.51. The summed E-state index contributed by atoms with van der Waals surface area (Å²) >= 11 is 0. The van der Waals surface area contributed by atoms with Gasteiger partial charge in [0.25, 0.3) is 0 Å². The summed E-state index contributed by atoms with van der Waals surface area (Å²) in [6, 6.07) is 0. The van der Waals surface area contributed by atoms with Gasteiger partial charge in [0.15, 0.2) is 0 Å². The first-order valence-corrected chi connectivity index (χ1v) is 6.63. The van der Waals surface area contributed by atoms with Gasteiger partial charge >= 0.3 is 0 Å². The summed E-state index contributed by atoms with van der Waals surface area (Å²) in [5, 5.41) is 10.9. The smallest absolute Gasteiger partial charge is 0.0721 e. The average Bonchev–Trinajstić information content (AvgIpc) is 2.17. The lowest BCUT2D eigenvalue weighted by Gasteiger charge is -2.43. The third kappa shape index (κ3) is 3.48. The van der Waals surface area contributed by atoms with Crippen LogP contribution in [0, 0.1) is 17.8 Å². The minimum Gasteiger partial charge on any atom is -0.389 e. The lowest BCUT2D eigenvalue weighted by atomic mass is 9.68. The Labute approximate surface area is 96.3 Å². The third-order valence-electron chi connectivity index (χ3n) is 3.90. The third-order valence-corrected chi connectivity index (χ3v) is 3.90. The van der Waals surface area contributed by atoms with Crippen molar-refractivity contribution in [3.63, 3.8) is 0 Å². The summed E-state index contributed by atoms with van der Waals surface area (Å²) in [7, 11) is 0. The molecule has 0 radical (unpaired) electrons. The molecule has 0 aromatic rings. The second-order valence-corrected chi connectivity index (χ2v) is 5.44. The van der Waals surface area contributed by atoms with Crippen LogP contribution in [0.15, 0.2) is 0 Å². The molecule has 0 spiro atoms. The topological polar surface area (TPSA) is 20.2 Å². The van der Waals surface area contributed by atoms with Gasteiger partial charge in [0, 0.05) is 0 Å². The highest BCUT2D eigenvalue weighted by molar-refractivity contribution is 4.91. The second-order valence-electron chi connectivity index (χ2n) is 5.44. The maximum Gasteiger partial charge on any atom is 0.0721 e. The Hall–Kier alpha value is -0.0400. The zero-order chi connectivity index (χ0) is 12.1. The first-order chi connectivity index (χ1) is 6.91. The molecule has 0 aliphatic carbocycles. The first kappa shape index (κ1) is 15.0. The number of hydrogen-bond acceptors (Lipinski definition) is 1. The molecule has 1 unspecified atom stereocenters. The van der Waals surface area contributed by atoms with Crippen molar-refractivity contribution in [1.82, 2.24) is 0 Å². The van der Waals surface area contributed by atoms with Crippen LogP contribution in [0.2, 0.25) is 0 Å². The van der Waals surface area contributed by atoms with E-state index in [1.807, 2.05) is 0 Å². The van der Waals surface area contributed by atoms with Crippen LogP contribution in [0.3, 0.4) is 0 Å². The minimum absolute atomic E-state index is 0.347. The van der Waals surface area contributed by atoms with Gasteiger partial charge in [-0.25, -0.2) is 0 Å². The van der Waals surface area contributed by atoms with Crippen molar-refractivity contribution in [2.24, 2.45) is 17.8 Å². The van der Waals surface area contributed by atoms with E-state index in [-0.39, 0.29) is 0 Å². The molecule has 1 heteroatoms. The molecule has 0 saturated carbocycles. The Bertz CT molecular complexity index is 153. The number of unbranched alkanes of at least 4 members (excludes halogenated alkanes) is 1. The van der Waals surface area contributed by atoms with Crippen LogP contribution in [0.25, 0.3) is 0 Å². The van der Waals surface area contributed by atoms with Gasteiger partial charge in [-0.2, -0.15) is 0 Å². The minimum atomic E-state index is -0.482. The molecule has 0 aliphatic heterocycles. The van der Waals surface area contributed by atoms with E-state index in [0.29, 0.717) is 17.8 Å². The van der Waals surface area contributed by atoms with E-state index >= 15 is 0 Å². The van der Waals surface area contributed by atoms with Crippen molar-refractivity contribution in [3.05, 3.63) is 0 Å². The molecule has 0 aromatic carbocycles. The van der Waals surface area contributed by atoms with Gasteiger partial charge in [0.1, 0.15) is 0 Å². The van der Waals surface area contributed by atoms with Crippen LogP contribution < -0.4 is 0 Å². The molecular formula is C14H30O. The highest BCUT2D eigenvalue weighted by atomic mass is 16.3. The van der Waals surface area contributed by atoms with Gasteiger partial charge in [0.2, 0.25) is 0 Å². The molecular weight excluding hydrogens is 184 g/mol. The summed E-state index contributed by atoms with van der Waals surface area (Å²) < 4.78 is 0. The van der Waals surface area contributed by atoms with Crippen LogP contribution in [-0.2, 0) is 0 Å². The number of rotatable bonds is 7. The van der Waals surface area contributed by atoms with E-state index in [9.17, 15) is 5.11 Å². The average molecular weight is 214 g/mol. The van der Waals surface area contributed by atoms with Crippen LogP contribution in [0.1, 0.15) is 67.2 Å². The quantitative estimate of drug-likeness (QED) is 0.672. The maximum absolute atomic E-state index is 10.9. The van der Waals surface area contributed by atoms with Crippen LogP contribution in [-0.4, -0.2) is 10.7 Å². The van der Waals surface area contributed by atoms with Gasteiger partial charge in [-0.3, -0.25) is 0 Å². The lowest BCUT2D eigenvalue weighted by molar-refractivity contribution is -0.1000. The molecule has 0 saturated heterocycles. The second kappa shape index (κ2) is 6.52. The zero-order valence-corrected chi connectivity index (χ0v) is 11.5. The fraction of sp³-hybridized carbons (Fsp3) is 1.00. The Morgan fingerprint density at radius 3 is 1.73 bits per heavy atom. The SMILES string of the molecule is CCCCC(CC)C(O)(C(C)C)C(C)C. The summed E-state index contributed by atoms with van der Waals surface area (Å²) in [6.07, 6.45) is 4.72. The molecule has 1 N–H and O–H groups in total. The predicted molar refractivity (Wildman–Crippen MR) is 67.9 cm³/mol. The Morgan fingerprint density at radius 1 is 1.00 bits per heavy atom. The Balaban J connectivity index is 4.70. The van der Waals surface area contributed by atoms with E-state index in [1.54, 1.807) is 0 Å². The van der Waals surface area contributed by atoms with E-state index < -0.39 is 5.60 Å². The van der Waals surface area contributed by atoms with Crippen LogP contribution >= 0.6 is 0 Å². The summed E-state index contributed by atoms with van der Waals surface area (Å²) in [5.74, 6) is 1.15. The van der Waals surface area contributed by atoms with Crippen molar-refractivity contribution in [1.29, 1.82) is 0 Å². The first-order valence-electron chi connectivity index (χ1n) is 6.63. The Morgan fingerprint density at radius 2 is 1.47 bits per heavy atom. The monoisotopic (exact) mass is 214 g/mol. The van der Waals surface area contributed by atoms with Crippen molar-refractivity contribution in [3.8, 4) is 0 Å². The lowest BCUT2D eigenvalue weighted by Crippen LogP contribution is -2.47. The summed E-state index contributed by atoms with van der Waals surface area (Å²) in [4.78, 5) is 0. The standard InChI is InChI=1S/C14H30O/c1-7-9-10-13(8-2)14(15,11(3)4)12(5)6/h11-13,15H,7-10H2,1-6H3. The fourth-order valence-corrected chi connectivity index (χ4v) is 2.82. The molecule has 15 heavy (non-hydrogen) atoms. The predicted octanol–water partition coefficient (Wildman–Crippen LogP) is 4.25. The molecule has 1 nitrogen and oxygen atoms in total. The number of aliphatic hydroxyl groups is 1. The van der Waals surface area contributed by atoms with Crippen molar-refractivity contribution >= 4 is 0 Å².